The molecule has 0 spiro atoms. The Labute approximate surface area is 155 Å². The molecule has 1 heterocycles. The molecule has 26 heavy (non-hydrogen) atoms. The average molecular weight is 362 g/mol. The Balaban J connectivity index is 1.86. The van der Waals surface area contributed by atoms with Crippen LogP contribution in [0.3, 0.4) is 0 Å². The highest BCUT2D eigenvalue weighted by Crippen LogP contribution is 2.20. The van der Waals surface area contributed by atoms with Crippen LogP contribution in [0, 0.1) is 0 Å². The quantitative estimate of drug-likeness (QED) is 0.701. The number of carbonyl (C=O) groups is 2. The van der Waals surface area contributed by atoms with E-state index < -0.39 is 11.8 Å². The molecule has 1 saturated heterocycles. The first-order chi connectivity index (χ1) is 12.4. The summed E-state index contributed by atoms with van der Waals surface area (Å²) in [6, 6.07) is 8.16. The number of amides is 2. The molecule has 1 aromatic carbocycles. The first-order valence-electron chi connectivity index (χ1n) is 9.00. The van der Waals surface area contributed by atoms with Crippen molar-refractivity contribution in [2.24, 2.45) is 0 Å². The summed E-state index contributed by atoms with van der Waals surface area (Å²) in [6.07, 6.45) is 1.95. The van der Waals surface area contributed by atoms with Crippen molar-refractivity contribution in [1.29, 1.82) is 0 Å². The van der Waals surface area contributed by atoms with Crippen molar-refractivity contribution in [3.8, 4) is 0 Å². The van der Waals surface area contributed by atoms with Crippen LogP contribution in [0.15, 0.2) is 24.3 Å². The summed E-state index contributed by atoms with van der Waals surface area (Å²) in [4.78, 5) is 28.1. The smallest absolute Gasteiger partial charge is 0.309 e. The standard InChI is InChI=1S/C19H30N4O3/c1-22(2)15-9-7-14(8-10-15)17(23(3)4)13-21-19(25)18(24)20-12-16-6-5-11-26-16/h7-10,16-17H,5-6,11-13H2,1-4H3,(H,20,24)(H,21,25)/t16-,17+/m1/s1. The second-order valence-electron chi connectivity index (χ2n) is 7.02. The molecule has 7 heteroatoms. The molecule has 1 aliphatic rings. The Kier molecular flexibility index (Phi) is 7.41. The predicted octanol–water partition coefficient (Wildman–Crippen LogP) is 0.767. The zero-order valence-electron chi connectivity index (χ0n) is 16.1. The number of rotatable bonds is 7. The number of nitrogens with zero attached hydrogens (tertiary/aromatic N) is 2. The number of anilines is 1. The lowest BCUT2D eigenvalue weighted by atomic mass is 10.1. The summed E-state index contributed by atoms with van der Waals surface area (Å²) >= 11 is 0. The molecule has 2 atom stereocenters. The maximum absolute atomic E-state index is 12.1. The van der Waals surface area contributed by atoms with Gasteiger partial charge in [-0.1, -0.05) is 12.1 Å². The highest BCUT2D eigenvalue weighted by molar-refractivity contribution is 6.35. The third kappa shape index (κ3) is 5.71. The molecule has 0 aromatic heterocycles. The van der Waals surface area contributed by atoms with Crippen molar-refractivity contribution in [1.82, 2.24) is 15.5 Å². The van der Waals surface area contributed by atoms with E-state index in [1.165, 1.54) is 0 Å². The van der Waals surface area contributed by atoms with Gasteiger partial charge < -0.3 is 25.2 Å². The summed E-state index contributed by atoms with van der Waals surface area (Å²) in [6.45, 7) is 1.47. The van der Waals surface area contributed by atoms with E-state index in [4.69, 9.17) is 4.74 Å². The van der Waals surface area contributed by atoms with Crippen LogP contribution in [0.2, 0.25) is 0 Å². The van der Waals surface area contributed by atoms with Gasteiger partial charge in [-0.15, -0.1) is 0 Å². The SMILES string of the molecule is CN(C)c1ccc([C@H](CNC(=O)C(=O)NC[C@H]2CCCO2)N(C)C)cc1. The summed E-state index contributed by atoms with van der Waals surface area (Å²) in [5.74, 6) is -1.22. The molecule has 144 valence electrons. The van der Waals surface area contributed by atoms with Crippen LogP contribution in [0.5, 0.6) is 0 Å². The normalized spacial score (nSPS) is 17.8. The van der Waals surface area contributed by atoms with Crippen LogP contribution in [0.4, 0.5) is 5.69 Å². The van der Waals surface area contributed by atoms with Crippen molar-refractivity contribution in [2.45, 2.75) is 25.0 Å². The molecule has 2 amide bonds. The molecule has 2 rings (SSSR count). The van der Waals surface area contributed by atoms with Gasteiger partial charge in [-0.25, -0.2) is 0 Å². The highest BCUT2D eigenvalue weighted by Gasteiger charge is 2.21. The van der Waals surface area contributed by atoms with E-state index in [1.807, 2.05) is 62.3 Å². The topological polar surface area (TPSA) is 73.9 Å². The molecule has 0 radical (unpaired) electrons. The minimum absolute atomic E-state index is 0.0128. The van der Waals surface area contributed by atoms with Crippen LogP contribution < -0.4 is 15.5 Å². The summed E-state index contributed by atoms with van der Waals surface area (Å²) in [7, 11) is 7.89. The van der Waals surface area contributed by atoms with Gasteiger partial charge >= 0.3 is 11.8 Å². The van der Waals surface area contributed by atoms with Gasteiger partial charge in [-0.05, 0) is 44.6 Å². The molecular weight excluding hydrogens is 332 g/mol. The molecule has 0 aliphatic carbocycles. The molecule has 0 unspecified atom stereocenters. The van der Waals surface area contributed by atoms with Crippen molar-refractivity contribution in [2.75, 3.05) is 52.8 Å². The van der Waals surface area contributed by atoms with Crippen molar-refractivity contribution in [3.63, 3.8) is 0 Å². The minimum Gasteiger partial charge on any atom is -0.378 e. The molecule has 1 fully saturated rings. The fourth-order valence-electron chi connectivity index (χ4n) is 2.95. The molecule has 2 N–H and O–H groups in total. The number of nitrogens with one attached hydrogen (secondary N) is 2. The highest BCUT2D eigenvalue weighted by atomic mass is 16.5. The molecule has 1 aliphatic heterocycles. The predicted molar refractivity (Wildman–Crippen MR) is 102 cm³/mol. The van der Waals surface area contributed by atoms with E-state index in [9.17, 15) is 9.59 Å². The van der Waals surface area contributed by atoms with E-state index in [-0.39, 0.29) is 12.1 Å². The maximum atomic E-state index is 12.1. The monoisotopic (exact) mass is 362 g/mol. The Morgan fingerprint density at radius 1 is 1.12 bits per heavy atom. The van der Waals surface area contributed by atoms with Crippen LogP contribution >= 0.6 is 0 Å². The zero-order chi connectivity index (χ0) is 19.1. The van der Waals surface area contributed by atoms with Gasteiger partial charge in [0.1, 0.15) is 0 Å². The van der Waals surface area contributed by atoms with E-state index in [0.29, 0.717) is 13.1 Å². The molecule has 0 saturated carbocycles. The largest absolute Gasteiger partial charge is 0.378 e. The van der Waals surface area contributed by atoms with Gasteiger partial charge in [0.15, 0.2) is 0 Å². The summed E-state index contributed by atoms with van der Waals surface area (Å²) < 4.78 is 5.44. The fourth-order valence-corrected chi connectivity index (χ4v) is 2.95. The number of hydrogen-bond donors (Lipinski definition) is 2. The minimum atomic E-state index is -0.611. The van der Waals surface area contributed by atoms with Gasteiger partial charge in [0.25, 0.3) is 0 Å². The van der Waals surface area contributed by atoms with Crippen molar-refractivity contribution >= 4 is 17.5 Å². The Hall–Kier alpha value is -2.12. The number of likely N-dealkylation sites (N-methyl/N-ethyl adjacent to an activating group) is 1. The van der Waals surface area contributed by atoms with Gasteiger partial charge in [0.05, 0.1) is 12.1 Å². The Morgan fingerprint density at radius 3 is 2.31 bits per heavy atom. The van der Waals surface area contributed by atoms with Crippen molar-refractivity contribution < 1.29 is 14.3 Å². The molecule has 7 nitrogen and oxygen atoms in total. The number of hydrogen-bond acceptors (Lipinski definition) is 5. The lowest BCUT2D eigenvalue weighted by molar-refractivity contribution is -0.139. The maximum Gasteiger partial charge on any atom is 0.309 e. The Bertz CT molecular complexity index is 595. The van der Waals surface area contributed by atoms with E-state index in [1.54, 1.807) is 0 Å². The lowest BCUT2D eigenvalue weighted by Gasteiger charge is -2.25. The number of ether oxygens (including phenoxy) is 1. The van der Waals surface area contributed by atoms with Crippen LogP contribution in [0.25, 0.3) is 0 Å². The number of carbonyl (C=O) groups excluding carboxylic acids is 2. The van der Waals surface area contributed by atoms with Gasteiger partial charge in [0.2, 0.25) is 0 Å². The van der Waals surface area contributed by atoms with E-state index in [0.717, 1.165) is 30.7 Å². The molecule has 1 aromatic rings. The van der Waals surface area contributed by atoms with Gasteiger partial charge in [-0.3, -0.25) is 9.59 Å². The average Bonchev–Trinajstić information content (AvgIpc) is 3.13. The van der Waals surface area contributed by atoms with Crippen molar-refractivity contribution in [3.05, 3.63) is 29.8 Å². The first-order valence-corrected chi connectivity index (χ1v) is 9.00. The van der Waals surface area contributed by atoms with Crippen LogP contribution in [-0.2, 0) is 14.3 Å². The lowest BCUT2D eigenvalue weighted by Crippen LogP contribution is -2.44. The van der Waals surface area contributed by atoms with Crippen LogP contribution in [-0.4, -0.2) is 70.7 Å². The Morgan fingerprint density at radius 2 is 1.77 bits per heavy atom. The third-order valence-electron chi connectivity index (χ3n) is 4.59. The van der Waals surface area contributed by atoms with Gasteiger partial charge in [0, 0.05) is 39.5 Å². The van der Waals surface area contributed by atoms with Gasteiger partial charge in [-0.2, -0.15) is 0 Å². The number of benzene rings is 1. The van der Waals surface area contributed by atoms with E-state index >= 15 is 0 Å². The zero-order valence-corrected chi connectivity index (χ0v) is 16.1. The second-order valence-corrected chi connectivity index (χ2v) is 7.02. The first kappa shape index (κ1) is 20.2. The van der Waals surface area contributed by atoms with Crippen LogP contribution in [0.1, 0.15) is 24.4 Å². The third-order valence-corrected chi connectivity index (χ3v) is 4.59. The summed E-state index contributed by atoms with van der Waals surface area (Å²) in [5, 5.41) is 5.37. The second kappa shape index (κ2) is 9.54. The molecular formula is C19H30N4O3. The summed E-state index contributed by atoms with van der Waals surface area (Å²) in [5.41, 5.74) is 2.20. The molecule has 0 bridgehead atoms. The van der Waals surface area contributed by atoms with E-state index in [2.05, 4.69) is 10.6 Å². The fraction of sp³-hybridized carbons (Fsp3) is 0.579.